The molecule has 0 spiro atoms. The number of carbonyl (C=O) groups is 2. The number of rotatable bonds is 2. The molecule has 0 aliphatic carbocycles. The van der Waals surface area contributed by atoms with Gasteiger partial charge < -0.3 is 27.3 Å². The van der Waals surface area contributed by atoms with Gasteiger partial charge in [0.1, 0.15) is 0 Å². The Labute approximate surface area is 194 Å². The number of carbonyl (C=O) groups excluding carboxylic acids is 2. The van der Waals surface area contributed by atoms with E-state index in [0.717, 1.165) is 15.5 Å². The zero-order valence-corrected chi connectivity index (χ0v) is 18.3. The highest BCUT2D eigenvalue weighted by molar-refractivity contribution is 8.00. The van der Waals surface area contributed by atoms with Crippen molar-refractivity contribution < 1.29 is 24.8 Å². The van der Waals surface area contributed by atoms with Gasteiger partial charge in [0.15, 0.2) is 0 Å². The number of benzene rings is 2. The fraction of sp³-hybridized carbons (Fsp3) is 0.0952. The van der Waals surface area contributed by atoms with Crippen LogP contribution >= 0.6 is 24.4 Å². The average Bonchev–Trinajstić information content (AvgIpc) is 2.69. The first kappa shape index (κ1) is 26.0. The lowest BCUT2D eigenvalue weighted by atomic mass is 10.1. The van der Waals surface area contributed by atoms with Crippen molar-refractivity contribution in [2.45, 2.75) is 22.0 Å². The van der Waals surface area contributed by atoms with Crippen LogP contribution in [0.1, 0.15) is 21.6 Å². The van der Waals surface area contributed by atoms with Crippen LogP contribution in [0.2, 0.25) is 0 Å². The second kappa shape index (κ2) is 12.0. The van der Waals surface area contributed by atoms with Crippen LogP contribution in [0.25, 0.3) is 0 Å². The Morgan fingerprint density at radius 2 is 1.87 bits per heavy atom. The van der Waals surface area contributed by atoms with Crippen molar-refractivity contribution in [1.82, 2.24) is 4.98 Å². The zero-order chi connectivity index (χ0) is 20.8. The van der Waals surface area contributed by atoms with Gasteiger partial charge in [-0.2, -0.15) is 0 Å². The summed E-state index contributed by atoms with van der Waals surface area (Å²) in [6.45, 7) is 1.86. The minimum atomic E-state index is -0.223. The van der Waals surface area contributed by atoms with E-state index in [1.165, 1.54) is 11.8 Å². The van der Waals surface area contributed by atoms with Gasteiger partial charge in [0.2, 0.25) is 5.91 Å². The molecule has 8 nitrogen and oxygen atoms in total. The van der Waals surface area contributed by atoms with E-state index in [9.17, 15) is 9.59 Å². The first-order chi connectivity index (χ1) is 13.9. The molecule has 31 heavy (non-hydrogen) atoms. The topological polar surface area (TPSA) is 160 Å². The van der Waals surface area contributed by atoms with E-state index in [0.29, 0.717) is 16.9 Å². The van der Waals surface area contributed by atoms with Gasteiger partial charge >= 0.3 is 0 Å². The molecule has 2 heterocycles. The molecule has 8 N–H and O–H groups in total. The molecule has 1 unspecified atom stereocenters. The molecule has 1 aliphatic heterocycles. The highest BCUT2D eigenvalue weighted by Crippen LogP contribution is 2.36. The molecule has 2 aromatic carbocycles. The van der Waals surface area contributed by atoms with Gasteiger partial charge in [-0.1, -0.05) is 6.07 Å². The Balaban J connectivity index is -0.000000700. The molecule has 1 atom stereocenters. The molecule has 4 rings (SSSR count). The monoisotopic (exact) mass is 466 g/mol. The summed E-state index contributed by atoms with van der Waals surface area (Å²) in [7, 11) is 0. The number of anilines is 3. The Bertz CT molecular complexity index is 1050. The SMILES string of the molecule is CC1Sc2ccc(C(=O)Nc3cccc(S)c3)cc2NC1=O.Nc1ccncc1.O.O.[HH].[HH].[HH]. The molecule has 0 fully saturated rings. The third kappa shape index (κ3) is 7.30. The highest BCUT2D eigenvalue weighted by Gasteiger charge is 2.23. The van der Waals surface area contributed by atoms with Gasteiger partial charge in [0, 0.05) is 43.4 Å². The fourth-order valence-electron chi connectivity index (χ4n) is 2.50. The molecule has 2 amide bonds. The van der Waals surface area contributed by atoms with E-state index < -0.39 is 0 Å². The lowest BCUT2D eigenvalue weighted by Gasteiger charge is -2.21. The standard InChI is InChI=1S/C16H14N2O2S2.C5H6N2.2H2O.3H2/c1-9-15(19)18-13-7-10(5-6-14(13)22-9)16(20)17-11-3-2-4-12(21)8-11;6-5-1-3-7-4-2-5;;;;;/h2-9,21H,1H3,(H,17,20)(H,18,19);1-4H,(H2,6,7);2*1H2;3*1H. The average molecular weight is 467 g/mol. The third-order valence-electron chi connectivity index (χ3n) is 3.98. The maximum Gasteiger partial charge on any atom is 0.255 e. The van der Waals surface area contributed by atoms with Gasteiger partial charge in [-0.25, -0.2) is 0 Å². The smallest absolute Gasteiger partial charge is 0.255 e. The number of thiol groups is 1. The van der Waals surface area contributed by atoms with Crippen LogP contribution in [0.15, 0.2) is 76.8 Å². The molecule has 0 radical (unpaired) electrons. The van der Waals surface area contributed by atoms with Crippen LogP contribution in [-0.4, -0.2) is 33.0 Å². The van der Waals surface area contributed by atoms with Crippen LogP contribution in [0, 0.1) is 0 Å². The van der Waals surface area contributed by atoms with Crippen molar-refractivity contribution in [3.05, 3.63) is 72.6 Å². The summed E-state index contributed by atoms with van der Waals surface area (Å²) < 4.78 is 0. The molecular weight excluding hydrogens is 436 g/mol. The molecule has 10 heteroatoms. The molecule has 0 saturated heterocycles. The molecule has 1 aromatic heterocycles. The lowest BCUT2D eigenvalue weighted by molar-refractivity contribution is -0.115. The number of aromatic nitrogens is 1. The summed E-state index contributed by atoms with van der Waals surface area (Å²) in [5.74, 6) is -0.266. The van der Waals surface area contributed by atoms with Crippen molar-refractivity contribution in [1.29, 1.82) is 0 Å². The van der Waals surface area contributed by atoms with E-state index >= 15 is 0 Å². The number of hydrogen-bond donors (Lipinski definition) is 4. The van der Waals surface area contributed by atoms with Crippen LogP contribution in [0.3, 0.4) is 0 Å². The van der Waals surface area contributed by atoms with Gasteiger partial charge in [0.05, 0.1) is 10.9 Å². The van der Waals surface area contributed by atoms with E-state index in [2.05, 4.69) is 28.2 Å². The van der Waals surface area contributed by atoms with Crippen LogP contribution < -0.4 is 16.4 Å². The molecule has 0 saturated carbocycles. The van der Waals surface area contributed by atoms with Crippen molar-refractivity contribution in [3.63, 3.8) is 0 Å². The van der Waals surface area contributed by atoms with Crippen molar-refractivity contribution in [2.75, 3.05) is 16.4 Å². The maximum absolute atomic E-state index is 12.3. The summed E-state index contributed by atoms with van der Waals surface area (Å²) >= 11 is 5.74. The Hall–Kier alpha value is -3.05. The van der Waals surface area contributed by atoms with Crippen molar-refractivity contribution >= 4 is 53.3 Å². The first-order valence-corrected chi connectivity index (χ1v) is 10.1. The number of amides is 2. The third-order valence-corrected chi connectivity index (χ3v) is 5.44. The Kier molecular flexibility index (Phi) is 10.0. The minimum Gasteiger partial charge on any atom is -0.412 e. The lowest BCUT2D eigenvalue weighted by Crippen LogP contribution is -2.26. The van der Waals surface area contributed by atoms with E-state index in [1.807, 2.05) is 25.1 Å². The molecule has 3 aromatic rings. The molecular formula is C21H30N4O4S2. The number of nitrogens with one attached hydrogen (secondary N) is 2. The molecule has 0 bridgehead atoms. The summed E-state index contributed by atoms with van der Waals surface area (Å²) in [6.07, 6.45) is 3.32. The predicted molar refractivity (Wildman–Crippen MR) is 134 cm³/mol. The van der Waals surface area contributed by atoms with Crippen molar-refractivity contribution in [2.24, 2.45) is 0 Å². The number of thioether (sulfide) groups is 1. The summed E-state index contributed by atoms with van der Waals surface area (Å²) in [5.41, 5.74) is 7.94. The van der Waals surface area contributed by atoms with Crippen LogP contribution in [0.4, 0.5) is 17.1 Å². The quantitative estimate of drug-likeness (QED) is 0.425. The van der Waals surface area contributed by atoms with Crippen LogP contribution in [0.5, 0.6) is 0 Å². The number of hydrogen-bond acceptors (Lipinski definition) is 6. The largest absolute Gasteiger partial charge is 0.412 e. The Morgan fingerprint density at radius 1 is 1.16 bits per heavy atom. The highest BCUT2D eigenvalue weighted by atomic mass is 32.2. The van der Waals surface area contributed by atoms with Gasteiger partial charge in [-0.05, 0) is 55.5 Å². The van der Waals surface area contributed by atoms with E-state index in [1.54, 1.807) is 48.8 Å². The van der Waals surface area contributed by atoms with Crippen LogP contribution in [-0.2, 0) is 4.79 Å². The number of fused-ring (bicyclic) bond motifs is 1. The second-order valence-corrected chi connectivity index (χ2v) is 8.14. The second-order valence-electron chi connectivity index (χ2n) is 6.25. The number of pyridine rings is 1. The van der Waals surface area contributed by atoms with Gasteiger partial charge in [-0.3, -0.25) is 14.6 Å². The normalized spacial score (nSPS) is 13.7. The Morgan fingerprint density at radius 3 is 2.48 bits per heavy atom. The van der Waals surface area contributed by atoms with E-state index in [-0.39, 0.29) is 32.3 Å². The van der Waals surface area contributed by atoms with Gasteiger partial charge in [-0.15, -0.1) is 24.4 Å². The number of nitrogens with two attached hydrogens (primary N) is 1. The van der Waals surface area contributed by atoms with Gasteiger partial charge in [0.25, 0.3) is 5.91 Å². The molecule has 170 valence electrons. The van der Waals surface area contributed by atoms with Crippen molar-refractivity contribution in [3.8, 4) is 0 Å². The summed E-state index contributed by atoms with van der Waals surface area (Å²) in [5, 5.41) is 5.52. The molecule has 1 aliphatic rings. The number of nitrogens with zero attached hydrogens (tertiary/aromatic N) is 1. The first-order valence-electron chi connectivity index (χ1n) is 8.80. The predicted octanol–water partition coefficient (Wildman–Crippen LogP) is 3.41. The number of nitrogen functional groups attached to an aromatic ring is 1. The minimum absolute atomic E-state index is 0. The summed E-state index contributed by atoms with van der Waals surface area (Å²) in [4.78, 5) is 29.5. The fourth-order valence-corrected chi connectivity index (χ4v) is 3.66. The van der Waals surface area contributed by atoms with E-state index in [4.69, 9.17) is 5.73 Å². The zero-order valence-electron chi connectivity index (χ0n) is 16.6. The maximum atomic E-state index is 12.3. The summed E-state index contributed by atoms with van der Waals surface area (Å²) in [6, 6.07) is 16.1.